The molecular formula is C17H33NO2. The van der Waals surface area contributed by atoms with Gasteiger partial charge in [0.05, 0.1) is 18.8 Å². The molecule has 0 spiro atoms. The molecule has 0 aromatic carbocycles. The summed E-state index contributed by atoms with van der Waals surface area (Å²) in [6, 6.07) is 0.523. The molecule has 3 nitrogen and oxygen atoms in total. The van der Waals surface area contributed by atoms with Crippen molar-refractivity contribution in [1.29, 1.82) is 0 Å². The van der Waals surface area contributed by atoms with Gasteiger partial charge in [0, 0.05) is 12.6 Å². The van der Waals surface area contributed by atoms with Gasteiger partial charge in [-0.15, -0.1) is 0 Å². The Morgan fingerprint density at radius 1 is 1.20 bits per heavy atom. The largest absolute Gasteiger partial charge is 0.389 e. The third-order valence-electron chi connectivity index (χ3n) is 4.95. The van der Waals surface area contributed by atoms with Gasteiger partial charge in [-0.3, -0.25) is 0 Å². The van der Waals surface area contributed by atoms with E-state index < -0.39 is 0 Å². The highest BCUT2D eigenvalue weighted by Gasteiger charge is 2.25. The molecule has 2 fully saturated rings. The fraction of sp³-hybridized carbons (Fsp3) is 1.00. The van der Waals surface area contributed by atoms with Crippen LogP contribution >= 0.6 is 0 Å². The van der Waals surface area contributed by atoms with E-state index in [1.54, 1.807) is 0 Å². The predicted molar refractivity (Wildman–Crippen MR) is 82.8 cm³/mol. The highest BCUT2D eigenvalue weighted by atomic mass is 16.5. The van der Waals surface area contributed by atoms with Gasteiger partial charge in [-0.25, -0.2) is 0 Å². The zero-order valence-corrected chi connectivity index (χ0v) is 13.3. The summed E-state index contributed by atoms with van der Waals surface area (Å²) in [5.41, 5.74) is 0. The van der Waals surface area contributed by atoms with Crippen LogP contribution in [0.1, 0.15) is 65.2 Å². The molecule has 0 saturated heterocycles. The third kappa shape index (κ3) is 5.71. The van der Waals surface area contributed by atoms with Crippen molar-refractivity contribution in [2.24, 2.45) is 11.8 Å². The Labute approximate surface area is 124 Å². The van der Waals surface area contributed by atoms with E-state index in [9.17, 15) is 5.11 Å². The molecule has 2 saturated carbocycles. The summed E-state index contributed by atoms with van der Waals surface area (Å²) in [6.45, 7) is 5.63. The first kappa shape index (κ1) is 16.3. The molecule has 2 aliphatic carbocycles. The van der Waals surface area contributed by atoms with Crippen molar-refractivity contribution >= 4 is 0 Å². The standard InChI is InChI=1S/C17H33NO2/c1-3-15-6-4-5-7-17(15)20-12-16(19)11-18-13(2)10-14-8-9-14/h13-19H,3-12H2,1-2H3. The van der Waals surface area contributed by atoms with Crippen molar-refractivity contribution in [3.63, 3.8) is 0 Å². The second kappa shape index (κ2) is 8.35. The van der Waals surface area contributed by atoms with Gasteiger partial charge in [0.1, 0.15) is 0 Å². The second-order valence-electron chi connectivity index (χ2n) is 6.97. The molecule has 0 aliphatic heterocycles. The monoisotopic (exact) mass is 283 g/mol. The van der Waals surface area contributed by atoms with Crippen LogP contribution in [0.15, 0.2) is 0 Å². The van der Waals surface area contributed by atoms with Crippen LogP contribution in [0.5, 0.6) is 0 Å². The van der Waals surface area contributed by atoms with Crippen LogP contribution in [-0.4, -0.2) is 36.5 Å². The Morgan fingerprint density at radius 2 is 1.95 bits per heavy atom. The van der Waals surface area contributed by atoms with Gasteiger partial charge in [0.15, 0.2) is 0 Å². The first-order valence-corrected chi connectivity index (χ1v) is 8.72. The maximum atomic E-state index is 10.0. The summed E-state index contributed by atoms with van der Waals surface area (Å²) in [6.07, 6.45) is 10.4. The van der Waals surface area contributed by atoms with Crippen molar-refractivity contribution in [1.82, 2.24) is 5.32 Å². The first-order valence-electron chi connectivity index (χ1n) is 8.72. The van der Waals surface area contributed by atoms with Gasteiger partial charge in [-0.05, 0) is 38.0 Å². The van der Waals surface area contributed by atoms with E-state index in [2.05, 4.69) is 19.2 Å². The maximum absolute atomic E-state index is 10.0. The number of aliphatic hydroxyl groups excluding tert-OH is 1. The van der Waals surface area contributed by atoms with Crippen molar-refractivity contribution in [3.05, 3.63) is 0 Å². The van der Waals surface area contributed by atoms with Crippen LogP contribution in [0.3, 0.4) is 0 Å². The van der Waals surface area contributed by atoms with E-state index >= 15 is 0 Å². The number of hydrogen-bond acceptors (Lipinski definition) is 3. The molecule has 2 rings (SSSR count). The van der Waals surface area contributed by atoms with E-state index in [1.807, 2.05) is 0 Å². The molecule has 3 heteroatoms. The number of rotatable bonds is 9. The zero-order valence-electron chi connectivity index (χ0n) is 13.3. The lowest BCUT2D eigenvalue weighted by atomic mass is 9.85. The molecular weight excluding hydrogens is 250 g/mol. The van der Waals surface area contributed by atoms with Gasteiger partial charge in [0.2, 0.25) is 0 Å². The Kier molecular flexibility index (Phi) is 6.79. The number of hydrogen-bond donors (Lipinski definition) is 2. The van der Waals surface area contributed by atoms with E-state index in [-0.39, 0.29) is 6.10 Å². The molecule has 0 bridgehead atoms. The van der Waals surface area contributed by atoms with E-state index in [0.717, 1.165) is 5.92 Å². The van der Waals surface area contributed by atoms with Crippen LogP contribution < -0.4 is 5.32 Å². The summed E-state index contributed by atoms with van der Waals surface area (Å²) in [5.74, 6) is 1.65. The van der Waals surface area contributed by atoms with E-state index in [0.29, 0.717) is 31.2 Å². The van der Waals surface area contributed by atoms with Crippen LogP contribution in [0.25, 0.3) is 0 Å². The summed E-state index contributed by atoms with van der Waals surface area (Å²) < 4.78 is 5.98. The van der Waals surface area contributed by atoms with Crippen molar-refractivity contribution < 1.29 is 9.84 Å². The lowest BCUT2D eigenvalue weighted by molar-refractivity contribution is -0.0503. The number of ether oxygens (including phenoxy) is 1. The SMILES string of the molecule is CCC1CCCCC1OCC(O)CNC(C)CC1CC1. The quantitative estimate of drug-likeness (QED) is 0.683. The molecule has 0 aromatic heterocycles. The fourth-order valence-electron chi connectivity index (χ4n) is 3.43. The lowest BCUT2D eigenvalue weighted by Crippen LogP contribution is -2.38. The molecule has 2 aliphatic rings. The van der Waals surface area contributed by atoms with E-state index in [4.69, 9.17) is 4.74 Å². The minimum atomic E-state index is -0.365. The minimum absolute atomic E-state index is 0.365. The van der Waals surface area contributed by atoms with Crippen LogP contribution in [-0.2, 0) is 4.74 Å². The van der Waals surface area contributed by atoms with Crippen molar-refractivity contribution in [2.75, 3.05) is 13.2 Å². The van der Waals surface area contributed by atoms with Gasteiger partial charge < -0.3 is 15.2 Å². The lowest BCUT2D eigenvalue weighted by Gasteiger charge is -2.31. The molecule has 4 atom stereocenters. The molecule has 0 aromatic rings. The average molecular weight is 283 g/mol. The second-order valence-corrected chi connectivity index (χ2v) is 6.97. The smallest absolute Gasteiger partial charge is 0.0897 e. The fourth-order valence-corrected chi connectivity index (χ4v) is 3.43. The van der Waals surface area contributed by atoms with Gasteiger partial charge in [0.25, 0.3) is 0 Å². The van der Waals surface area contributed by atoms with Crippen molar-refractivity contribution in [2.45, 2.75) is 83.5 Å². The van der Waals surface area contributed by atoms with Crippen molar-refractivity contribution in [3.8, 4) is 0 Å². The summed E-state index contributed by atoms with van der Waals surface area (Å²) in [4.78, 5) is 0. The number of nitrogens with one attached hydrogen (secondary N) is 1. The molecule has 4 unspecified atom stereocenters. The average Bonchev–Trinajstić information content (AvgIpc) is 3.27. The molecule has 20 heavy (non-hydrogen) atoms. The molecule has 0 heterocycles. The van der Waals surface area contributed by atoms with Gasteiger partial charge in [-0.1, -0.05) is 39.0 Å². The molecule has 0 amide bonds. The predicted octanol–water partition coefficient (Wildman–Crippen LogP) is 3.11. The summed E-state index contributed by atoms with van der Waals surface area (Å²) >= 11 is 0. The summed E-state index contributed by atoms with van der Waals surface area (Å²) in [7, 11) is 0. The minimum Gasteiger partial charge on any atom is -0.389 e. The Morgan fingerprint density at radius 3 is 2.65 bits per heavy atom. The topological polar surface area (TPSA) is 41.5 Å². The van der Waals surface area contributed by atoms with Crippen LogP contribution in [0.4, 0.5) is 0 Å². The first-order chi connectivity index (χ1) is 9.69. The molecule has 0 radical (unpaired) electrons. The van der Waals surface area contributed by atoms with Gasteiger partial charge in [-0.2, -0.15) is 0 Å². The van der Waals surface area contributed by atoms with Crippen LogP contribution in [0, 0.1) is 11.8 Å². The highest BCUT2D eigenvalue weighted by Crippen LogP contribution is 2.33. The summed E-state index contributed by atoms with van der Waals surface area (Å²) in [5, 5.41) is 13.5. The van der Waals surface area contributed by atoms with E-state index in [1.165, 1.54) is 51.4 Å². The normalized spacial score (nSPS) is 30.1. The molecule has 2 N–H and O–H groups in total. The highest BCUT2D eigenvalue weighted by molar-refractivity contribution is 4.79. The Bertz CT molecular complexity index is 268. The Balaban J connectivity index is 1.57. The van der Waals surface area contributed by atoms with Crippen LogP contribution in [0.2, 0.25) is 0 Å². The zero-order chi connectivity index (χ0) is 14.4. The molecule has 118 valence electrons. The maximum Gasteiger partial charge on any atom is 0.0897 e. The van der Waals surface area contributed by atoms with Gasteiger partial charge >= 0.3 is 0 Å². The Hall–Kier alpha value is -0.120. The third-order valence-corrected chi connectivity index (χ3v) is 4.95. The number of aliphatic hydroxyl groups is 1.